The van der Waals surface area contributed by atoms with Gasteiger partial charge in [0, 0.05) is 0 Å². The lowest BCUT2D eigenvalue weighted by atomic mass is 10.1. The maximum Gasteiger partial charge on any atom is 0.198 e. The highest BCUT2D eigenvalue weighted by molar-refractivity contribution is 5.72. The smallest absolute Gasteiger partial charge is 0.198 e. The third kappa shape index (κ3) is 2.48. The van der Waals surface area contributed by atoms with E-state index in [1.165, 1.54) is 12.1 Å². The molecule has 1 aromatic heterocycles. The summed E-state index contributed by atoms with van der Waals surface area (Å²) in [5, 5.41) is 10.1. The Morgan fingerprint density at radius 1 is 1.11 bits per heavy atom. The number of nitrogens with zero attached hydrogens (tertiary/aromatic N) is 1. The van der Waals surface area contributed by atoms with Gasteiger partial charge in [-0.15, -0.1) is 0 Å². The standard InChI is InChI=1S/C15H12FNO2/c16-11-7-5-10(6-8-11)13(18)9-15-17-12-3-1-2-4-14(12)19-15/h1-8,13,18H,9H2. The second-order valence-electron chi connectivity index (χ2n) is 4.35. The van der Waals surface area contributed by atoms with E-state index in [9.17, 15) is 9.50 Å². The number of hydrogen-bond acceptors (Lipinski definition) is 3. The molecule has 0 aliphatic carbocycles. The van der Waals surface area contributed by atoms with Crippen molar-refractivity contribution >= 4 is 11.1 Å². The van der Waals surface area contributed by atoms with Crippen LogP contribution < -0.4 is 0 Å². The highest BCUT2D eigenvalue weighted by atomic mass is 19.1. The molecule has 0 bridgehead atoms. The zero-order chi connectivity index (χ0) is 13.2. The lowest BCUT2D eigenvalue weighted by Crippen LogP contribution is -2.01. The molecule has 3 rings (SSSR count). The first-order valence-electron chi connectivity index (χ1n) is 6.00. The van der Waals surface area contributed by atoms with Crippen LogP contribution in [0, 0.1) is 5.82 Å². The van der Waals surface area contributed by atoms with Crippen molar-refractivity contribution in [3.63, 3.8) is 0 Å². The number of aromatic nitrogens is 1. The maximum atomic E-state index is 12.8. The number of oxazole rings is 1. The molecule has 2 aromatic carbocycles. The molecular formula is C15H12FNO2. The minimum Gasteiger partial charge on any atom is -0.441 e. The van der Waals surface area contributed by atoms with Gasteiger partial charge in [0.2, 0.25) is 0 Å². The molecule has 19 heavy (non-hydrogen) atoms. The highest BCUT2D eigenvalue weighted by Gasteiger charge is 2.13. The van der Waals surface area contributed by atoms with Gasteiger partial charge in [0.1, 0.15) is 11.3 Å². The summed E-state index contributed by atoms with van der Waals surface area (Å²) in [6, 6.07) is 13.2. The van der Waals surface area contributed by atoms with E-state index >= 15 is 0 Å². The molecule has 0 aliphatic heterocycles. The van der Waals surface area contributed by atoms with E-state index in [-0.39, 0.29) is 12.2 Å². The largest absolute Gasteiger partial charge is 0.441 e. The van der Waals surface area contributed by atoms with Crippen molar-refractivity contribution in [1.82, 2.24) is 4.98 Å². The number of aliphatic hydroxyl groups is 1. The van der Waals surface area contributed by atoms with Crippen molar-refractivity contribution in [3.05, 3.63) is 65.8 Å². The lowest BCUT2D eigenvalue weighted by Gasteiger charge is -2.08. The summed E-state index contributed by atoms with van der Waals surface area (Å²) in [6.45, 7) is 0. The third-order valence-electron chi connectivity index (χ3n) is 2.96. The lowest BCUT2D eigenvalue weighted by molar-refractivity contribution is 0.169. The average molecular weight is 257 g/mol. The highest BCUT2D eigenvalue weighted by Crippen LogP contribution is 2.21. The van der Waals surface area contributed by atoms with Gasteiger partial charge in [0.05, 0.1) is 12.5 Å². The van der Waals surface area contributed by atoms with Crippen molar-refractivity contribution in [2.45, 2.75) is 12.5 Å². The first kappa shape index (κ1) is 11.9. The van der Waals surface area contributed by atoms with Gasteiger partial charge in [-0.1, -0.05) is 24.3 Å². The fourth-order valence-corrected chi connectivity index (χ4v) is 1.98. The van der Waals surface area contributed by atoms with Crippen molar-refractivity contribution in [2.24, 2.45) is 0 Å². The first-order chi connectivity index (χ1) is 9.22. The second-order valence-corrected chi connectivity index (χ2v) is 4.35. The molecule has 0 radical (unpaired) electrons. The molecule has 1 atom stereocenters. The molecule has 0 spiro atoms. The normalized spacial score (nSPS) is 12.7. The van der Waals surface area contributed by atoms with Crippen LogP contribution in [-0.4, -0.2) is 10.1 Å². The number of aliphatic hydroxyl groups excluding tert-OH is 1. The van der Waals surface area contributed by atoms with Crippen LogP contribution in [0.25, 0.3) is 11.1 Å². The van der Waals surface area contributed by atoms with Gasteiger partial charge in [-0.05, 0) is 29.8 Å². The van der Waals surface area contributed by atoms with Crippen LogP contribution in [0.3, 0.4) is 0 Å². The first-order valence-corrected chi connectivity index (χ1v) is 6.00. The number of fused-ring (bicyclic) bond motifs is 1. The monoisotopic (exact) mass is 257 g/mol. The van der Waals surface area contributed by atoms with Crippen LogP contribution in [0.2, 0.25) is 0 Å². The second kappa shape index (κ2) is 4.82. The summed E-state index contributed by atoms with van der Waals surface area (Å²) in [7, 11) is 0. The fraction of sp³-hybridized carbons (Fsp3) is 0.133. The van der Waals surface area contributed by atoms with E-state index in [2.05, 4.69) is 4.98 Å². The van der Waals surface area contributed by atoms with Gasteiger partial charge < -0.3 is 9.52 Å². The Bertz CT molecular complexity index is 658. The number of para-hydroxylation sites is 2. The van der Waals surface area contributed by atoms with E-state index < -0.39 is 6.10 Å². The molecule has 0 aliphatic rings. The zero-order valence-electron chi connectivity index (χ0n) is 10.1. The molecule has 1 N–H and O–H groups in total. The van der Waals surface area contributed by atoms with E-state index in [1.54, 1.807) is 12.1 Å². The predicted molar refractivity (Wildman–Crippen MR) is 69.1 cm³/mol. The Kier molecular flexibility index (Phi) is 3.01. The van der Waals surface area contributed by atoms with E-state index in [4.69, 9.17) is 4.42 Å². The summed E-state index contributed by atoms with van der Waals surface area (Å²) in [5.74, 6) is 0.149. The molecule has 0 saturated carbocycles. The zero-order valence-corrected chi connectivity index (χ0v) is 10.1. The molecule has 3 aromatic rings. The Labute approximate surface area is 109 Å². The number of hydrogen-bond donors (Lipinski definition) is 1. The third-order valence-corrected chi connectivity index (χ3v) is 2.96. The van der Waals surface area contributed by atoms with Crippen molar-refractivity contribution in [1.29, 1.82) is 0 Å². The summed E-state index contributed by atoms with van der Waals surface area (Å²) >= 11 is 0. The van der Waals surface area contributed by atoms with Gasteiger partial charge in [-0.25, -0.2) is 9.37 Å². The minimum absolute atomic E-state index is 0.264. The maximum absolute atomic E-state index is 12.8. The Hall–Kier alpha value is -2.20. The molecule has 0 amide bonds. The van der Waals surface area contributed by atoms with Crippen LogP contribution in [-0.2, 0) is 6.42 Å². The van der Waals surface area contributed by atoms with Crippen LogP contribution >= 0.6 is 0 Å². The van der Waals surface area contributed by atoms with Gasteiger partial charge in [0.15, 0.2) is 11.5 Å². The molecule has 1 heterocycles. The molecule has 96 valence electrons. The SMILES string of the molecule is OC(Cc1nc2ccccc2o1)c1ccc(F)cc1. The number of halogens is 1. The summed E-state index contributed by atoms with van der Waals surface area (Å²) in [6.07, 6.45) is -0.492. The number of rotatable bonds is 3. The topological polar surface area (TPSA) is 46.3 Å². The predicted octanol–water partition coefficient (Wildman–Crippen LogP) is 3.24. The van der Waals surface area contributed by atoms with E-state index in [0.29, 0.717) is 17.0 Å². The number of benzene rings is 2. The molecule has 3 nitrogen and oxygen atoms in total. The van der Waals surface area contributed by atoms with Crippen LogP contribution in [0.1, 0.15) is 17.6 Å². The molecule has 0 saturated heterocycles. The van der Waals surface area contributed by atoms with Crippen LogP contribution in [0.4, 0.5) is 4.39 Å². The van der Waals surface area contributed by atoms with Gasteiger partial charge in [-0.3, -0.25) is 0 Å². The molecule has 1 unspecified atom stereocenters. The van der Waals surface area contributed by atoms with Crippen molar-refractivity contribution in [2.75, 3.05) is 0 Å². The summed E-state index contributed by atoms with van der Waals surface area (Å²) in [4.78, 5) is 4.30. The average Bonchev–Trinajstić information content (AvgIpc) is 2.81. The minimum atomic E-state index is -0.756. The van der Waals surface area contributed by atoms with Crippen molar-refractivity contribution in [3.8, 4) is 0 Å². The molecule has 4 heteroatoms. The summed E-state index contributed by atoms with van der Waals surface area (Å²) in [5.41, 5.74) is 2.11. The van der Waals surface area contributed by atoms with E-state index in [0.717, 1.165) is 5.52 Å². The van der Waals surface area contributed by atoms with Crippen LogP contribution in [0.5, 0.6) is 0 Å². The quantitative estimate of drug-likeness (QED) is 0.783. The molecule has 0 fully saturated rings. The Morgan fingerprint density at radius 3 is 2.58 bits per heavy atom. The Morgan fingerprint density at radius 2 is 1.84 bits per heavy atom. The molecular weight excluding hydrogens is 245 g/mol. The fourth-order valence-electron chi connectivity index (χ4n) is 1.98. The van der Waals surface area contributed by atoms with Crippen molar-refractivity contribution < 1.29 is 13.9 Å². The van der Waals surface area contributed by atoms with Gasteiger partial charge >= 0.3 is 0 Å². The van der Waals surface area contributed by atoms with Crippen LogP contribution in [0.15, 0.2) is 52.9 Å². The van der Waals surface area contributed by atoms with E-state index in [1.807, 2.05) is 24.3 Å². The summed E-state index contributed by atoms with van der Waals surface area (Å²) < 4.78 is 18.3. The van der Waals surface area contributed by atoms with Gasteiger partial charge in [0.25, 0.3) is 0 Å². The Balaban J connectivity index is 1.82. The van der Waals surface area contributed by atoms with Gasteiger partial charge in [-0.2, -0.15) is 0 Å².